The predicted octanol–water partition coefficient (Wildman–Crippen LogP) is 6.03. The van der Waals surface area contributed by atoms with Gasteiger partial charge in [-0.05, 0) is 64.4 Å². The quantitative estimate of drug-likeness (QED) is 0.268. The van der Waals surface area contributed by atoms with Crippen molar-refractivity contribution in [2.75, 3.05) is 13.3 Å². The minimum atomic E-state index is -3.73. The van der Waals surface area contributed by atoms with Gasteiger partial charge in [-0.1, -0.05) is 42.0 Å². The third kappa shape index (κ3) is 5.13. The third-order valence-electron chi connectivity index (χ3n) is 6.89. The van der Waals surface area contributed by atoms with Crippen LogP contribution in [0.1, 0.15) is 52.7 Å². The van der Waals surface area contributed by atoms with E-state index in [1.807, 2.05) is 58.0 Å². The highest BCUT2D eigenvalue weighted by molar-refractivity contribution is 7.89. The van der Waals surface area contributed by atoms with Crippen molar-refractivity contribution in [1.29, 1.82) is 0 Å². The molecular formula is C32H33N3O5S. The van der Waals surface area contributed by atoms with Gasteiger partial charge in [-0.3, -0.25) is 9.59 Å². The average Bonchev–Trinajstić information content (AvgIpc) is 3.45. The van der Waals surface area contributed by atoms with E-state index in [4.69, 9.17) is 4.42 Å². The zero-order valence-corrected chi connectivity index (χ0v) is 25.0. The molecule has 0 unspecified atom stereocenters. The van der Waals surface area contributed by atoms with Crippen molar-refractivity contribution in [2.45, 2.75) is 40.2 Å². The zero-order valence-electron chi connectivity index (χ0n) is 24.2. The Morgan fingerprint density at radius 3 is 2.17 bits per heavy atom. The fourth-order valence-corrected chi connectivity index (χ4v) is 6.29. The van der Waals surface area contributed by atoms with Crippen molar-refractivity contribution in [3.05, 3.63) is 83.0 Å². The molecule has 0 aliphatic heterocycles. The van der Waals surface area contributed by atoms with Gasteiger partial charge in [-0.2, -0.15) is 0 Å². The highest BCUT2D eigenvalue weighted by atomic mass is 32.2. The van der Waals surface area contributed by atoms with E-state index in [9.17, 15) is 18.0 Å². The summed E-state index contributed by atoms with van der Waals surface area (Å²) >= 11 is 0. The first kappa shape index (κ1) is 28.2. The number of hydrogen-bond acceptors (Lipinski definition) is 5. The van der Waals surface area contributed by atoms with Gasteiger partial charge in [-0.25, -0.2) is 12.4 Å². The highest BCUT2D eigenvalue weighted by Gasteiger charge is 2.28. The van der Waals surface area contributed by atoms with Gasteiger partial charge in [0.05, 0.1) is 17.3 Å². The van der Waals surface area contributed by atoms with Gasteiger partial charge in [-0.15, -0.1) is 0 Å². The maximum atomic E-state index is 13.3. The van der Waals surface area contributed by atoms with Gasteiger partial charge < -0.3 is 15.1 Å². The summed E-state index contributed by atoms with van der Waals surface area (Å²) in [5.74, 6) is -0.189. The largest absolute Gasteiger partial charge is 0.454 e. The lowest BCUT2D eigenvalue weighted by Gasteiger charge is -2.20. The molecule has 9 heteroatoms. The first-order valence-corrected chi connectivity index (χ1v) is 15.1. The second-order valence-corrected chi connectivity index (χ2v) is 13.2. The van der Waals surface area contributed by atoms with Gasteiger partial charge in [0.1, 0.15) is 11.3 Å². The number of aryl methyl sites for hydroxylation is 2. The van der Waals surface area contributed by atoms with Crippen LogP contribution < -0.4 is 10.6 Å². The number of fused-ring (bicyclic) bond motifs is 3. The molecule has 2 N–H and O–H groups in total. The van der Waals surface area contributed by atoms with E-state index >= 15 is 0 Å². The molecule has 0 bridgehead atoms. The van der Waals surface area contributed by atoms with E-state index in [1.165, 1.54) is 3.97 Å². The van der Waals surface area contributed by atoms with Crippen molar-refractivity contribution >= 4 is 43.7 Å². The molecule has 3 aromatic carbocycles. The van der Waals surface area contributed by atoms with Crippen LogP contribution >= 0.6 is 0 Å². The second kappa shape index (κ2) is 9.92. The summed E-state index contributed by atoms with van der Waals surface area (Å²) in [7, 11) is -2.17. The van der Waals surface area contributed by atoms with E-state index in [1.54, 1.807) is 44.3 Å². The maximum Gasteiger partial charge on any atom is 0.255 e. The molecule has 2 heterocycles. The van der Waals surface area contributed by atoms with E-state index in [0.717, 1.165) is 17.4 Å². The van der Waals surface area contributed by atoms with Crippen molar-refractivity contribution in [3.63, 3.8) is 0 Å². The molecule has 0 aliphatic carbocycles. The van der Waals surface area contributed by atoms with Gasteiger partial charge in [0.15, 0.2) is 0 Å². The number of carbonyl (C=O) groups excluding carboxylic acids is 2. The second-order valence-electron chi connectivity index (χ2n) is 11.4. The average molecular weight is 572 g/mol. The van der Waals surface area contributed by atoms with E-state index in [2.05, 4.69) is 10.6 Å². The smallest absolute Gasteiger partial charge is 0.255 e. The Labute approximate surface area is 239 Å². The summed E-state index contributed by atoms with van der Waals surface area (Å²) < 4.78 is 33.8. The molecule has 0 aliphatic rings. The predicted molar refractivity (Wildman–Crippen MR) is 163 cm³/mol. The molecule has 5 aromatic rings. The van der Waals surface area contributed by atoms with Crippen molar-refractivity contribution in [2.24, 2.45) is 0 Å². The van der Waals surface area contributed by atoms with Gasteiger partial charge >= 0.3 is 0 Å². The number of amides is 2. The molecular weight excluding hydrogens is 538 g/mol. The first-order chi connectivity index (χ1) is 19.2. The van der Waals surface area contributed by atoms with E-state index in [0.29, 0.717) is 55.6 Å². The number of nitrogens with zero attached hydrogens (tertiary/aromatic N) is 1. The number of benzene rings is 3. The Hall–Kier alpha value is -4.37. The van der Waals surface area contributed by atoms with Crippen molar-refractivity contribution < 1.29 is 22.4 Å². The molecule has 0 radical (unpaired) electrons. The molecule has 41 heavy (non-hydrogen) atoms. The molecule has 0 saturated carbocycles. The van der Waals surface area contributed by atoms with Crippen LogP contribution in [0.25, 0.3) is 44.3 Å². The molecule has 0 saturated heterocycles. The zero-order chi connectivity index (χ0) is 29.9. The monoisotopic (exact) mass is 571 g/mol. The van der Waals surface area contributed by atoms with Crippen LogP contribution in [0.3, 0.4) is 0 Å². The summed E-state index contributed by atoms with van der Waals surface area (Å²) in [5.41, 5.74) is 4.62. The lowest BCUT2D eigenvalue weighted by atomic mass is 9.96. The molecule has 0 fully saturated rings. The Morgan fingerprint density at radius 2 is 1.56 bits per heavy atom. The highest BCUT2D eigenvalue weighted by Crippen LogP contribution is 2.43. The van der Waals surface area contributed by atoms with Gasteiger partial charge in [0.25, 0.3) is 11.8 Å². The Morgan fingerprint density at radius 1 is 0.878 bits per heavy atom. The summed E-state index contributed by atoms with van der Waals surface area (Å²) in [6, 6.07) is 18.2. The Bertz CT molecular complexity index is 1960. The van der Waals surface area contributed by atoms with Crippen LogP contribution in [0.15, 0.2) is 65.1 Å². The van der Waals surface area contributed by atoms with Crippen LogP contribution in [-0.4, -0.2) is 43.0 Å². The minimum Gasteiger partial charge on any atom is -0.454 e. The van der Waals surface area contributed by atoms with Gasteiger partial charge in [0, 0.05) is 45.7 Å². The van der Waals surface area contributed by atoms with Crippen LogP contribution in [0, 0.1) is 13.8 Å². The van der Waals surface area contributed by atoms with Crippen LogP contribution in [0.5, 0.6) is 0 Å². The number of carbonyl (C=O) groups is 2. The molecule has 8 nitrogen and oxygen atoms in total. The number of furan rings is 1. The van der Waals surface area contributed by atoms with E-state index in [-0.39, 0.29) is 11.8 Å². The lowest BCUT2D eigenvalue weighted by Crippen LogP contribution is -2.40. The summed E-state index contributed by atoms with van der Waals surface area (Å²) in [6.45, 7) is 9.40. The van der Waals surface area contributed by atoms with Crippen LogP contribution in [0.4, 0.5) is 0 Å². The number of nitrogens with one attached hydrogen (secondary N) is 2. The standard InChI is InChI=1S/C32H33N3O5S/c1-18-11-13-20(14-12-18)28-26(31(37)33-6)24-17-23(21-9-8-10-22(16-21)30(36)34-32(3,4)5)27-25(29(24)40-28)15-19(2)35(27)41(7,38)39/h8-17H,1-7H3,(H,33,37)(H,34,36). The Balaban J connectivity index is 1.90. The molecule has 2 amide bonds. The topological polar surface area (TPSA) is 110 Å². The third-order valence-corrected chi connectivity index (χ3v) is 8.02. The van der Waals surface area contributed by atoms with E-state index < -0.39 is 15.6 Å². The molecule has 2 aromatic heterocycles. The molecule has 5 rings (SSSR count). The molecule has 0 atom stereocenters. The van der Waals surface area contributed by atoms with Gasteiger partial charge in [0.2, 0.25) is 10.0 Å². The molecule has 0 spiro atoms. The fourth-order valence-electron chi connectivity index (χ4n) is 5.19. The summed E-state index contributed by atoms with van der Waals surface area (Å²) in [4.78, 5) is 26.4. The number of aromatic nitrogens is 1. The number of rotatable bonds is 5. The minimum absolute atomic E-state index is 0.248. The normalized spacial score (nSPS) is 12.2. The number of hydrogen-bond donors (Lipinski definition) is 2. The lowest BCUT2D eigenvalue weighted by molar-refractivity contribution is 0.0918. The van der Waals surface area contributed by atoms with Crippen LogP contribution in [-0.2, 0) is 10.0 Å². The summed E-state index contributed by atoms with van der Waals surface area (Å²) in [5, 5.41) is 6.78. The van der Waals surface area contributed by atoms with Crippen molar-refractivity contribution in [3.8, 4) is 22.5 Å². The Kier molecular flexibility index (Phi) is 6.82. The maximum absolute atomic E-state index is 13.3. The SMILES string of the molecule is CNC(=O)c1c(-c2ccc(C)cc2)oc2c1cc(-c1cccc(C(=O)NC(C)(C)C)c1)c1c2cc(C)n1S(C)(=O)=O. The van der Waals surface area contributed by atoms with Crippen LogP contribution in [0.2, 0.25) is 0 Å². The first-order valence-electron chi connectivity index (χ1n) is 13.2. The van der Waals surface area contributed by atoms with Crippen molar-refractivity contribution in [1.82, 2.24) is 14.6 Å². The molecule has 212 valence electrons. The fraction of sp³-hybridized carbons (Fsp3) is 0.250. The summed E-state index contributed by atoms with van der Waals surface area (Å²) in [6.07, 6.45) is 1.15.